The molecule has 0 saturated carbocycles. The number of methoxy groups -OCH3 is 1. The van der Waals surface area contributed by atoms with E-state index in [0.29, 0.717) is 5.56 Å². The molecular formula is C19H22N2O5. The highest BCUT2D eigenvalue weighted by Crippen LogP contribution is 2.29. The van der Waals surface area contributed by atoms with Gasteiger partial charge in [0.05, 0.1) is 7.11 Å². The van der Waals surface area contributed by atoms with Gasteiger partial charge in [-0.2, -0.15) is 5.26 Å². The Morgan fingerprint density at radius 1 is 1.31 bits per heavy atom. The smallest absolute Gasteiger partial charge is 0.493 e. The maximum atomic E-state index is 11.9. The predicted molar refractivity (Wildman–Crippen MR) is 96.7 cm³/mol. The topological polar surface area (TPSA) is 97.7 Å². The molecule has 7 nitrogen and oxygen atoms in total. The molecule has 1 aromatic carbocycles. The average molecular weight is 358 g/mol. The molecule has 138 valence electrons. The Bertz CT molecular complexity index is 754. The van der Waals surface area contributed by atoms with Crippen LogP contribution in [0.3, 0.4) is 0 Å². The van der Waals surface area contributed by atoms with E-state index in [2.05, 4.69) is 11.9 Å². The Balaban J connectivity index is 3.02. The van der Waals surface area contributed by atoms with Crippen molar-refractivity contribution in [2.45, 2.75) is 26.4 Å². The standard InChI is InChI=1S/C19H22N2O5/c1-6-9-21-17(22)14(12-20)10-13-7-8-15(16(11-13)24-5)25-18(23)26-19(2,3)4/h6-8,10-11H,1,9H2,2-5H3,(H,21,22)/b14-10+. The summed E-state index contributed by atoms with van der Waals surface area (Å²) in [7, 11) is 1.41. The highest BCUT2D eigenvalue weighted by Gasteiger charge is 2.19. The molecule has 0 bridgehead atoms. The lowest BCUT2D eigenvalue weighted by Gasteiger charge is -2.19. The molecule has 0 aromatic heterocycles. The highest BCUT2D eigenvalue weighted by molar-refractivity contribution is 6.01. The fourth-order valence-electron chi connectivity index (χ4n) is 1.79. The lowest BCUT2D eigenvalue weighted by molar-refractivity contribution is -0.116. The Kier molecular flexibility index (Phi) is 7.41. The third-order valence-electron chi connectivity index (χ3n) is 2.85. The summed E-state index contributed by atoms with van der Waals surface area (Å²) in [5, 5.41) is 11.7. The zero-order valence-corrected chi connectivity index (χ0v) is 15.3. The van der Waals surface area contributed by atoms with Crippen LogP contribution in [-0.2, 0) is 9.53 Å². The molecule has 1 amide bonds. The van der Waals surface area contributed by atoms with Gasteiger partial charge in [0, 0.05) is 6.54 Å². The van der Waals surface area contributed by atoms with Gasteiger partial charge < -0.3 is 19.5 Å². The van der Waals surface area contributed by atoms with E-state index in [1.165, 1.54) is 31.4 Å². The van der Waals surface area contributed by atoms with E-state index in [0.717, 1.165) is 0 Å². The van der Waals surface area contributed by atoms with E-state index in [9.17, 15) is 9.59 Å². The largest absolute Gasteiger partial charge is 0.514 e. The van der Waals surface area contributed by atoms with Gasteiger partial charge in [-0.1, -0.05) is 12.1 Å². The van der Waals surface area contributed by atoms with Gasteiger partial charge in [-0.25, -0.2) is 4.79 Å². The van der Waals surface area contributed by atoms with Gasteiger partial charge in [-0.15, -0.1) is 6.58 Å². The molecule has 0 unspecified atom stereocenters. The second kappa shape index (κ2) is 9.28. The average Bonchev–Trinajstić information content (AvgIpc) is 2.56. The number of ether oxygens (including phenoxy) is 3. The third kappa shape index (κ3) is 6.69. The van der Waals surface area contributed by atoms with Gasteiger partial charge >= 0.3 is 6.16 Å². The first-order valence-electron chi connectivity index (χ1n) is 7.80. The Morgan fingerprint density at radius 3 is 2.54 bits per heavy atom. The molecule has 0 aliphatic carbocycles. The monoisotopic (exact) mass is 358 g/mol. The van der Waals surface area contributed by atoms with Gasteiger partial charge in [0.15, 0.2) is 11.5 Å². The van der Waals surface area contributed by atoms with Crippen LogP contribution in [0.4, 0.5) is 4.79 Å². The first-order chi connectivity index (χ1) is 12.2. The minimum absolute atomic E-state index is 0.0743. The van der Waals surface area contributed by atoms with E-state index in [1.807, 2.05) is 6.07 Å². The lowest BCUT2D eigenvalue weighted by Crippen LogP contribution is -2.26. The molecule has 26 heavy (non-hydrogen) atoms. The molecule has 0 aliphatic rings. The molecule has 0 atom stereocenters. The summed E-state index contributed by atoms with van der Waals surface area (Å²) < 4.78 is 15.4. The van der Waals surface area contributed by atoms with Crippen molar-refractivity contribution in [1.82, 2.24) is 5.32 Å². The van der Waals surface area contributed by atoms with Crippen LogP contribution in [0.1, 0.15) is 26.3 Å². The quantitative estimate of drug-likeness (QED) is 0.276. The van der Waals surface area contributed by atoms with E-state index in [4.69, 9.17) is 19.5 Å². The summed E-state index contributed by atoms with van der Waals surface area (Å²) in [6.07, 6.45) is 2.05. The maximum absolute atomic E-state index is 11.9. The molecule has 0 saturated heterocycles. The molecule has 1 N–H and O–H groups in total. The van der Waals surface area contributed by atoms with Crippen LogP contribution in [0, 0.1) is 11.3 Å². The normalized spacial score (nSPS) is 11.1. The van der Waals surface area contributed by atoms with E-state index >= 15 is 0 Å². The molecule has 0 radical (unpaired) electrons. The van der Waals surface area contributed by atoms with Crippen LogP contribution in [-0.4, -0.2) is 31.3 Å². The predicted octanol–water partition coefficient (Wildman–Crippen LogP) is 3.22. The third-order valence-corrected chi connectivity index (χ3v) is 2.85. The second-order valence-corrected chi connectivity index (χ2v) is 6.15. The number of amides is 1. The van der Waals surface area contributed by atoms with Crippen molar-refractivity contribution in [3.8, 4) is 17.6 Å². The molecule has 0 spiro atoms. The number of nitrogens with zero attached hydrogens (tertiary/aromatic N) is 1. The van der Waals surface area contributed by atoms with Gasteiger partial charge in [-0.3, -0.25) is 4.79 Å². The second-order valence-electron chi connectivity index (χ2n) is 6.15. The number of benzene rings is 1. The summed E-state index contributed by atoms with van der Waals surface area (Å²) >= 11 is 0. The number of hydrogen-bond donors (Lipinski definition) is 1. The first kappa shape index (κ1) is 20.8. The minimum atomic E-state index is -0.861. The van der Waals surface area contributed by atoms with Crippen molar-refractivity contribution in [2.75, 3.05) is 13.7 Å². The van der Waals surface area contributed by atoms with Crippen LogP contribution < -0.4 is 14.8 Å². The molecule has 1 rings (SSSR count). The molecule has 7 heteroatoms. The van der Waals surface area contributed by atoms with E-state index < -0.39 is 17.7 Å². The van der Waals surface area contributed by atoms with E-state index in [1.54, 1.807) is 26.8 Å². The van der Waals surface area contributed by atoms with Crippen LogP contribution in [0.2, 0.25) is 0 Å². The highest BCUT2D eigenvalue weighted by atomic mass is 16.7. The summed E-state index contributed by atoms with van der Waals surface area (Å²) in [6, 6.07) is 6.45. The number of carbonyl (C=O) groups is 2. The number of rotatable bonds is 6. The van der Waals surface area contributed by atoms with Crippen molar-refractivity contribution < 1.29 is 23.8 Å². The van der Waals surface area contributed by atoms with Crippen LogP contribution in [0.15, 0.2) is 36.4 Å². The Hall–Kier alpha value is -3.27. The fourth-order valence-corrected chi connectivity index (χ4v) is 1.79. The number of nitrogens with one attached hydrogen (secondary N) is 1. The van der Waals surface area contributed by atoms with Crippen molar-refractivity contribution >= 4 is 18.1 Å². The zero-order valence-electron chi connectivity index (χ0n) is 15.3. The fraction of sp³-hybridized carbons (Fsp3) is 0.316. The SMILES string of the molecule is C=CCNC(=O)/C(C#N)=C/c1ccc(OC(=O)OC(C)(C)C)c(OC)c1. The summed E-state index contributed by atoms with van der Waals surface area (Å²) in [4.78, 5) is 23.6. The zero-order chi connectivity index (χ0) is 19.7. The van der Waals surface area contributed by atoms with Crippen molar-refractivity contribution in [1.29, 1.82) is 5.26 Å². The number of nitriles is 1. The Morgan fingerprint density at radius 2 is 2.00 bits per heavy atom. The summed E-state index contributed by atoms with van der Waals surface area (Å²) in [6.45, 7) is 8.92. The maximum Gasteiger partial charge on any atom is 0.514 e. The minimum Gasteiger partial charge on any atom is -0.493 e. The van der Waals surface area contributed by atoms with Crippen LogP contribution >= 0.6 is 0 Å². The van der Waals surface area contributed by atoms with Gasteiger partial charge in [0.2, 0.25) is 0 Å². The molecule has 0 aliphatic heterocycles. The summed E-state index contributed by atoms with van der Waals surface area (Å²) in [5.74, 6) is -0.0950. The van der Waals surface area contributed by atoms with Gasteiger partial charge in [-0.05, 0) is 44.5 Å². The van der Waals surface area contributed by atoms with Crippen LogP contribution in [0.5, 0.6) is 11.5 Å². The van der Waals surface area contributed by atoms with Crippen molar-refractivity contribution in [2.24, 2.45) is 0 Å². The Labute approximate surface area is 152 Å². The van der Waals surface area contributed by atoms with Gasteiger partial charge in [0.25, 0.3) is 5.91 Å². The molecule has 0 fully saturated rings. The van der Waals surface area contributed by atoms with Crippen LogP contribution in [0.25, 0.3) is 6.08 Å². The van der Waals surface area contributed by atoms with Crippen molar-refractivity contribution in [3.63, 3.8) is 0 Å². The lowest BCUT2D eigenvalue weighted by atomic mass is 10.1. The van der Waals surface area contributed by atoms with Crippen molar-refractivity contribution in [3.05, 3.63) is 42.0 Å². The molecule has 0 heterocycles. The summed E-state index contributed by atoms with van der Waals surface area (Å²) in [5.41, 5.74) is -0.230. The number of carbonyl (C=O) groups excluding carboxylic acids is 2. The number of hydrogen-bond acceptors (Lipinski definition) is 6. The molecular weight excluding hydrogens is 336 g/mol. The molecule has 1 aromatic rings. The van der Waals surface area contributed by atoms with E-state index in [-0.39, 0.29) is 23.6 Å². The van der Waals surface area contributed by atoms with Gasteiger partial charge in [0.1, 0.15) is 17.2 Å². The first-order valence-corrected chi connectivity index (χ1v) is 7.80.